The fraction of sp³-hybridized carbons (Fsp3) is 0.250. The summed E-state index contributed by atoms with van der Waals surface area (Å²) in [6, 6.07) is 8.88. The molecule has 2 aromatic heterocycles. The van der Waals surface area contributed by atoms with E-state index in [9.17, 15) is 19.2 Å². The van der Waals surface area contributed by atoms with Crippen LogP contribution in [0.4, 0.5) is 5.69 Å². The van der Waals surface area contributed by atoms with Gasteiger partial charge in [-0.25, -0.2) is 9.78 Å². The van der Waals surface area contributed by atoms with Crippen LogP contribution >= 0.6 is 0 Å². The maximum absolute atomic E-state index is 12.5. The average Bonchev–Trinajstić information content (AvgIpc) is 2.72. The summed E-state index contributed by atoms with van der Waals surface area (Å²) in [5.41, 5.74) is 0.741. The topological polar surface area (TPSA) is 128 Å². The highest BCUT2D eigenvalue weighted by molar-refractivity contribution is 5.96. The molecule has 0 atom stereocenters. The lowest BCUT2D eigenvalue weighted by atomic mass is 10.1. The van der Waals surface area contributed by atoms with E-state index in [-0.39, 0.29) is 29.0 Å². The van der Waals surface area contributed by atoms with Gasteiger partial charge >= 0.3 is 5.69 Å². The summed E-state index contributed by atoms with van der Waals surface area (Å²) in [6.45, 7) is 0.961. The normalized spacial score (nSPS) is 14.2. The molecule has 0 saturated carbocycles. The van der Waals surface area contributed by atoms with Crippen molar-refractivity contribution in [1.82, 2.24) is 20.3 Å². The van der Waals surface area contributed by atoms with Crippen molar-refractivity contribution < 1.29 is 9.59 Å². The van der Waals surface area contributed by atoms with Crippen LogP contribution in [0.25, 0.3) is 11.0 Å². The summed E-state index contributed by atoms with van der Waals surface area (Å²) in [6.07, 6.45) is 3.75. The van der Waals surface area contributed by atoms with Crippen LogP contribution in [-0.4, -0.2) is 33.3 Å². The molecular formula is C20H19N5O4. The zero-order valence-corrected chi connectivity index (χ0v) is 15.5. The number of benzene rings is 1. The predicted octanol–water partition coefficient (Wildman–Crippen LogP) is 1.06. The molecule has 1 saturated heterocycles. The number of carbonyl (C=O) groups is 2. The lowest BCUT2D eigenvalue weighted by Gasteiger charge is -2.27. The molecule has 9 nitrogen and oxygen atoms in total. The fourth-order valence-electron chi connectivity index (χ4n) is 3.37. The van der Waals surface area contributed by atoms with Gasteiger partial charge in [0, 0.05) is 31.4 Å². The molecule has 148 valence electrons. The van der Waals surface area contributed by atoms with Crippen LogP contribution in [0, 0.1) is 0 Å². The molecule has 3 N–H and O–H groups in total. The molecule has 1 aromatic carbocycles. The molecule has 1 aliphatic heterocycles. The van der Waals surface area contributed by atoms with Crippen molar-refractivity contribution in [3.8, 4) is 0 Å². The van der Waals surface area contributed by atoms with E-state index in [1.54, 1.807) is 4.90 Å². The third-order valence-electron chi connectivity index (χ3n) is 4.85. The summed E-state index contributed by atoms with van der Waals surface area (Å²) in [5.74, 6) is -0.285. The number of fused-ring (bicyclic) bond motifs is 1. The highest BCUT2D eigenvalue weighted by Gasteiger charge is 2.19. The Morgan fingerprint density at radius 2 is 2.00 bits per heavy atom. The van der Waals surface area contributed by atoms with Gasteiger partial charge in [0.2, 0.25) is 5.91 Å². The van der Waals surface area contributed by atoms with Crippen LogP contribution in [0.5, 0.6) is 0 Å². The average molecular weight is 393 g/mol. The first kappa shape index (κ1) is 18.6. The Kier molecular flexibility index (Phi) is 4.94. The molecule has 0 radical (unpaired) electrons. The van der Waals surface area contributed by atoms with Gasteiger partial charge in [0.25, 0.3) is 11.5 Å². The Labute approximate surface area is 164 Å². The maximum atomic E-state index is 12.5. The van der Waals surface area contributed by atoms with E-state index in [1.165, 1.54) is 12.3 Å². The summed E-state index contributed by atoms with van der Waals surface area (Å²) < 4.78 is 0. The molecule has 2 amide bonds. The number of amides is 2. The lowest BCUT2D eigenvalue weighted by molar-refractivity contribution is -0.119. The standard InChI is InChI=1S/C20H19N5O4/c26-16-6-1-2-7-25(16)14-5-3-4-12(8-14)10-22-18(27)13-9-15-17(21-11-13)23-20(29)24-19(15)28/h3-5,8-9,11H,1-2,6-7,10H2,(H,22,27)(H2,21,23,24,28,29). The molecule has 1 fully saturated rings. The van der Waals surface area contributed by atoms with Gasteiger partial charge in [0.1, 0.15) is 5.65 Å². The third kappa shape index (κ3) is 3.93. The zero-order valence-electron chi connectivity index (χ0n) is 15.5. The number of carbonyl (C=O) groups excluding carboxylic acids is 2. The van der Waals surface area contributed by atoms with E-state index in [2.05, 4.69) is 20.3 Å². The smallest absolute Gasteiger partial charge is 0.327 e. The number of aromatic nitrogens is 3. The Balaban J connectivity index is 1.49. The third-order valence-corrected chi connectivity index (χ3v) is 4.85. The van der Waals surface area contributed by atoms with Crippen LogP contribution in [-0.2, 0) is 11.3 Å². The van der Waals surface area contributed by atoms with Crippen molar-refractivity contribution >= 4 is 28.5 Å². The van der Waals surface area contributed by atoms with Crippen LogP contribution in [0.3, 0.4) is 0 Å². The summed E-state index contributed by atoms with van der Waals surface area (Å²) >= 11 is 0. The number of pyridine rings is 1. The van der Waals surface area contributed by atoms with Crippen LogP contribution < -0.4 is 21.5 Å². The van der Waals surface area contributed by atoms with Crippen LogP contribution in [0.1, 0.15) is 35.2 Å². The number of nitrogens with one attached hydrogen (secondary N) is 3. The Bertz CT molecular complexity index is 1210. The minimum atomic E-state index is -0.653. The van der Waals surface area contributed by atoms with Gasteiger partial charge < -0.3 is 10.2 Å². The molecule has 0 unspecified atom stereocenters. The second-order valence-electron chi connectivity index (χ2n) is 6.88. The number of hydrogen-bond acceptors (Lipinski definition) is 5. The summed E-state index contributed by atoms with van der Waals surface area (Å²) in [5, 5.41) is 2.91. The van der Waals surface area contributed by atoms with Crippen molar-refractivity contribution in [1.29, 1.82) is 0 Å². The quantitative estimate of drug-likeness (QED) is 0.611. The first-order valence-electron chi connectivity index (χ1n) is 9.31. The van der Waals surface area contributed by atoms with Crippen LogP contribution in [0.15, 0.2) is 46.1 Å². The highest BCUT2D eigenvalue weighted by Crippen LogP contribution is 2.22. The first-order chi connectivity index (χ1) is 14.0. The first-order valence-corrected chi connectivity index (χ1v) is 9.31. The highest BCUT2D eigenvalue weighted by atomic mass is 16.2. The van der Waals surface area contributed by atoms with E-state index in [1.807, 2.05) is 24.3 Å². The Hall–Kier alpha value is -3.75. The maximum Gasteiger partial charge on any atom is 0.327 e. The van der Waals surface area contributed by atoms with E-state index in [0.29, 0.717) is 13.0 Å². The Morgan fingerprint density at radius 3 is 2.83 bits per heavy atom. The van der Waals surface area contributed by atoms with Gasteiger partial charge in [-0.2, -0.15) is 0 Å². The molecule has 9 heteroatoms. The Morgan fingerprint density at radius 1 is 1.14 bits per heavy atom. The SMILES string of the molecule is O=C(NCc1cccc(N2CCCCC2=O)c1)c1cnc2[nH]c(=O)[nH]c(=O)c2c1. The molecule has 29 heavy (non-hydrogen) atoms. The van der Waals surface area contributed by atoms with Crippen molar-refractivity contribution in [2.75, 3.05) is 11.4 Å². The van der Waals surface area contributed by atoms with E-state index in [0.717, 1.165) is 24.1 Å². The van der Waals surface area contributed by atoms with Crippen LogP contribution in [0.2, 0.25) is 0 Å². The molecule has 3 aromatic rings. The minimum Gasteiger partial charge on any atom is -0.348 e. The molecule has 1 aliphatic rings. The number of nitrogens with zero attached hydrogens (tertiary/aromatic N) is 2. The van der Waals surface area contributed by atoms with Crippen molar-refractivity contribution in [2.45, 2.75) is 25.8 Å². The fourth-order valence-corrected chi connectivity index (χ4v) is 3.37. The number of aromatic amines is 2. The predicted molar refractivity (Wildman–Crippen MR) is 107 cm³/mol. The molecule has 0 bridgehead atoms. The molecule has 0 spiro atoms. The zero-order chi connectivity index (χ0) is 20.4. The molecular weight excluding hydrogens is 374 g/mol. The van der Waals surface area contributed by atoms with Gasteiger partial charge in [-0.15, -0.1) is 0 Å². The lowest BCUT2D eigenvalue weighted by Crippen LogP contribution is -2.35. The minimum absolute atomic E-state index is 0.114. The van der Waals surface area contributed by atoms with E-state index in [4.69, 9.17) is 0 Å². The number of anilines is 1. The van der Waals surface area contributed by atoms with E-state index < -0.39 is 17.2 Å². The van der Waals surface area contributed by atoms with E-state index >= 15 is 0 Å². The molecule has 4 rings (SSSR count). The van der Waals surface area contributed by atoms with Crippen molar-refractivity contribution in [3.63, 3.8) is 0 Å². The monoisotopic (exact) mass is 393 g/mol. The van der Waals surface area contributed by atoms with Gasteiger partial charge in [0.15, 0.2) is 0 Å². The van der Waals surface area contributed by atoms with Crippen molar-refractivity contribution in [2.24, 2.45) is 0 Å². The largest absolute Gasteiger partial charge is 0.348 e. The number of rotatable bonds is 4. The summed E-state index contributed by atoms with van der Waals surface area (Å²) in [4.78, 5) is 58.0. The number of H-pyrrole nitrogens is 2. The second kappa shape index (κ2) is 7.70. The number of hydrogen-bond donors (Lipinski definition) is 3. The van der Waals surface area contributed by atoms with Gasteiger partial charge in [-0.3, -0.25) is 24.4 Å². The summed E-state index contributed by atoms with van der Waals surface area (Å²) in [7, 11) is 0. The second-order valence-corrected chi connectivity index (χ2v) is 6.88. The molecule has 3 heterocycles. The van der Waals surface area contributed by atoms with Gasteiger partial charge in [-0.05, 0) is 36.6 Å². The molecule has 0 aliphatic carbocycles. The van der Waals surface area contributed by atoms with Gasteiger partial charge in [0.05, 0.1) is 10.9 Å². The number of piperidine rings is 1. The van der Waals surface area contributed by atoms with Crippen molar-refractivity contribution in [3.05, 3.63) is 68.5 Å². The van der Waals surface area contributed by atoms with Gasteiger partial charge in [-0.1, -0.05) is 12.1 Å².